The van der Waals surface area contributed by atoms with Crippen molar-refractivity contribution < 1.29 is 9.90 Å². The van der Waals surface area contributed by atoms with Crippen molar-refractivity contribution in [2.75, 3.05) is 13.1 Å². The number of nitrogens with zero attached hydrogens (tertiary/aromatic N) is 2. The largest absolute Gasteiger partial charge is 0.481 e. The first-order valence-corrected chi connectivity index (χ1v) is 7.21. The lowest BCUT2D eigenvalue weighted by Crippen LogP contribution is -2.25. The fraction of sp³-hybridized carbons (Fsp3) is 0.692. The number of hydrogen-bond acceptors (Lipinski definition) is 4. The molecule has 1 aliphatic rings. The minimum absolute atomic E-state index is 0.231. The lowest BCUT2D eigenvalue weighted by Gasteiger charge is -2.18. The summed E-state index contributed by atoms with van der Waals surface area (Å²) in [6.45, 7) is 8.51. The van der Waals surface area contributed by atoms with Crippen molar-refractivity contribution in [3.8, 4) is 0 Å². The van der Waals surface area contributed by atoms with E-state index in [2.05, 4.69) is 23.7 Å². The van der Waals surface area contributed by atoms with E-state index in [1.807, 2.05) is 12.3 Å². The molecule has 1 N–H and O–H groups in total. The second-order valence-electron chi connectivity index (χ2n) is 5.43. The van der Waals surface area contributed by atoms with Gasteiger partial charge in [0, 0.05) is 24.2 Å². The smallest absolute Gasteiger partial charge is 0.308 e. The van der Waals surface area contributed by atoms with E-state index in [-0.39, 0.29) is 11.8 Å². The van der Waals surface area contributed by atoms with Crippen LogP contribution >= 0.6 is 11.3 Å². The van der Waals surface area contributed by atoms with E-state index in [1.54, 1.807) is 11.3 Å². The molecule has 0 aromatic carbocycles. The van der Waals surface area contributed by atoms with Gasteiger partial charge in [-0.1, -0.05) is 13.8 Å². The summed E-state index contributed by atoms with van der Waals surface area (Å²) in [5.74, 6) is -0.227. The van der Waals surface area contributed by atoms with Gasteiger partial charge in [0.2, 0.25) is 0 Å². The Balaban J connectivity index is 2.02. The van der Waals surface area contributed by atoms with Crippen LogP contribution in [0, 0.1) is 24.7 Å². The van der Waals surface area contributed by atoms with Crippen LogP contribution in [0.3, 0.4) is 0 Å². The fourth-order valence-electron chi connectivity index (χ4n) is 2.65. The van der Waals surface area contributed by atoms with Crippen molar-refractivity contribution >= 4 is 17.3 Å². The molecule has 18 heavy (non-hydrogen) atoms. The molecule has 1 aromatic rings. The Morgan fingerprint density at radius 2 is 2.33 bits per heavy atom. The van der Waals surface area contributed by atoms with Gasteiger partial charge in [-0.25, -0.2) is 4.98 Å². The maximum atomic E-state index is 11.3. The number of carboxylic acid groups (broad SMARTS) is 1. The molecule has 1 fully saturated rings. The molecule has 1 aromatic heterocycles. The van der Waals surface area contributed by atoms with Gasteiger partial charge in [0.15, 0.2) is 0 Å². The Labute approximate surface area is 112 Å². The summed E-state index contributed by atoms with van der Waals surface area (Å²) in [6.07, 6.45) is 0. The standard InChI is InChI=1S/C13H20N2O2S/c1-8(2)10-4-15(5-11(10)13(16)17)6-12-14-9(3)7-18-12/h7-8,10-11H,4-6H2,1-3H3,(H,16,17)/t10-,11+/m1/s1. The molecule has 2 heterocycles. The van der Waals surface area contributed by atoms with Crippen LogP contribution < -0.4 is 0 Å². The number of aliphatic carboxylic acids is 1. The van der Waals surface area contributed by atoms with Crippen LogP contribution in [-0.4, -0.2) is 34.0 Å². The van der Waals surface area contributed by atoms with Crippen molar-refractivity contribution in [2.45, 2.75) is 27.3 Å². The topological polar surface area (TPSA) is 53.4 Å². The van der Waals surface area contributed by atoms with Crippen LogP contribution in [0.4, 0.5) is 0 Å². The van der Waals surface area contributed by atoms with E-state index in [0.29, 0.717) is 12.5 Å². The van der Waals surface area contributed by atoms with Crippen LogP contribution in [0.25, 0.3) is 0 Å². The molecule has 0 saturated carbocycles. The SMILES string of the molecule is Cc1csc(CN2C[C@H](C(=O)O)[C@@H](C(C)C)C2)n1. The number of hydrogen-bond donors (Lipinski definition) is 1. The molecule has 0 bridgehead atoms. The third-order valence-electron chi connectivity index (χ3n) is 3.64. The third kappa shape index (κ3) is 2.90. The zero-order chi connectivity index (χ0) is 13.3. The van der Waals surface area contributed by atoms with Gasteiger partial charge in [-0.15, -0.1) is 11.3 Å². The van der Waals surface area contributed by atoms with E-state index in [0.717, 1.165) is 23.8 Å². The molecule has 1 saturated heterocycles. The highest BCUT2D eigenvalue weighted by Gasteiger charge is 2.39. The van der Waals surface area contributed by atoms with Crippen LogP contribution in [0.1, 0.15) is 24.5 Å². The van der Waals surface area contributed by atoms with Crippen LogP contribution in [0.15, 0.2) is 5.38 Å². The second kappa shape index (κ2) is 5.36. The average molecular weight is 268 g/mol. The van der Waals surface area contributed by atoms with E-state index in [1.165, 1.54) is 0 Å². The Hall–Kier alpha value is -0.940. The van der Waals surface area contributed by atoms with E-state index < -0.39 is 5.97 Å². The molecule has 0 aliphatic carbocycles. The molecule has 0 spiro atoms. The zero-order valence-electron chi connectivity index (χ0n) is 11.1. The first kappa shape index (κ1) is 13.5. The highest BCUT2D eigenvalue weighted by atomic mass is 32.1. The molecule has 2 atom stereocenters. The first-order chi connectivity index (χ1) is 8.47. The summed E-state index contributed by atoms with van der Waals surface area (Å²) in [6, 6.07) is 0. The molecule has 0 unspecified atom stereocenters. The number of rotatable bonds is 4. The highest BCUT2D eigenvalue weighted by molar-refractivity contribution is 7.09. The van der Waals surface area contributed by atoms with E-state index >= 15 is 0 Å². The van der Waals surface area contributed by atoms with Gasteiger partial charge < -0.3 is 5.11 Å². The molecule has 0 amide bonds. The maximum Gasteiger partial charge on any atom is 0.308 e. The number of thiazole rings is 1. The number of carbonyl (C=O) groups is 1. The molecular formula is C13H20N2O2S. The Kier molecular flexibility index (Phi) is 4.02. The minimum Gasteiger partial charge on any atom is -0.481 e. The molecule has 5 heteroatoms. The van der Waals surface area contributed by atoms with Gasteiger partial charge in [0.05, 0.1) is 12.5 Å². The average Bonchev–Trinajstić information content (AvgIpc) is 2.85. The van der Waals surface area contributed by atoms with Crippen LogP contribution in [0.5, 0.6) is 0 Å². The lowest BCUT2D eigenvalue weighted by atomic mass is 9.86. The van der Waals surface area contributed by atoms with Gasteiger partial charge in [0.1, 0.15) is 5.01 Å². The van der Waals surface area contributed by atoms with Crippen molar-refractivity contribution in [1.29, 1.82) is 0 Å². The van der Waals surface area contributed by atoms with Crippen LogP contribution in [-0.2, 0) is 11.3 Å². The van der Waals surface area contributed by atoms with E-state index in [4.69, 9.17) is 0 Å². The van der Waals surface area contributed by atoms with Gasteiger partial charge in [-0.2, -0.15) is 0 Å². The minimum atomic E-state index is -0.661. The van der Waals surface area contributed by atoms with Crippen molar-refractivity contribution in [3.63, 3.8) is 0 Å². The van der Waals surface area contributed by atoms with E-state index in [9.17, 15) is 9.90 Å². The van der Waals surface area contributed by atoms with Gasteiger partial charge in [0.25, 0.3) is 0 Å². The lowest BCUT2D eigenvalue weighted by molar-refractivity contribution is -0.143. The summed E-state index contributed by atoms with van der Waals surface area (Å²) >= 11 is 1.66. The third-order valence-corrected chi connectivity index (χ3v) is 4.59. The highest BCUT2D eigenvalue weighted by Crippen LogP contribution is 2.31. The number of likely N-dealkylation sites (tertiary alicyclic amines) is 1. The predicted octanol–water partition coefficient (Wildman–Crippen LogP) is 2.24. The number of carboxylic acids is 1. The van der Waals surface area contributed by atoms with Crippen LogP contribution in [0.2, 0.25) is 0 Å². The summed E-state index contributed by atoms with van der Waals surface area (Å²) in [7, 11) is 0. The quantitative estimate of drug-likeness (QED) is 0.910. The monoisotopic (exact) mass is 268 g/mol. The Morgan fingerprint density at radius 1 is 1.61 bits per heavy atom. The number of aromatic nitrogens is 1. The molecule has 0 radical (unpaired) electrons. The fourth-order valence-corrected chi connectivity index (χ4v) is 3.46. The molecular weight excluding hydrogens is 248 g/mol. The van der Waals surface area contributed by atoms with Gasteiger partial charge in [-0.05, 0) is 18.8 Å². The molecule has 1 aliphatic heterocycles. The second-order valence-corrected chi connectivity index (χ2v) is 6.37. The molecule has 100 valence electrons. The predicted molar refractivity (Wildman–Crippen MR) is 71.6 cm³/mol. The maximum absolute atomic E-state index is 11.3. The summed E-state index contributed by atoms with van der Waals surface area (Å²) < 4.78 is 0. The molecule has 2 rings (SSSR count). The molecule has 4 nitrogen and oxygen atoms in total. The number of aryl methyl sites for hydroxylation is 1. The first-order valence-electron chi connectivity index (χ1n) is 6.33. The van der Waals surface area contributed by atoms with Crippen molar-refractivity contribution in [3.05, 3.63) is 16.1 Å². The Morgan fingerprint density at radius 3 is 2.78 bits per heavy atom. The summed E-state index contributed by atoms with van der Waals surface area (Å²) in [4.78, 5) is 17.9. The zero-order valence-corrected chi connectivity index (χ0v) is 11.9. The Bertz CT molecular complexity index is 430. The van der Waals surface area contributed by atoms with Gasteiger partial charge >= 0.3 is 5.97 Å². The summed E-state index contributed by atoms with van der Waals surface area (Å²) in [5, 5.41) is 12.4. The van der Waals surface area contributed by atoms with Crippen molar-refractivity contribution in [2.24, 2.45) is 17.8 Å². The van der Waals surface area contributed by atoms with Gasteiger partial charge in [-0.3, -0.25) is 9.69 Å². The normalized spacial score (nSPS) is 24.9. The van der Waals surface area contributed by atoms with Crippen molar-refractivity contribution in [1.82, 2.24) is 9.88 Å². The summed E-state index contributed by atoms with van der Waals surface area (Å²) in [5.41, 5.74) is 1.05.